The van der Waals surface area contributed by atoms with Crippen LogP contribution >= 0.6 is 0 Å². The van der Waals surface area contributed by atoms with Crippen LogP contribution < -0.4 is 4.74 Å². The molecule has 16 heavy (non-hydrogen) atoms. The number of aryl methyl sites for hydroxylation is 1. The summed E-state index contributed by atoms with van der Waals surface area (Å²) in [6.45, 7) is 2.33. The van der Waals surface area contributed by atoms with Gasteiger partial charge in [-0.15, -0.1) is 0 Å². The molecule has 1 aromatic rings. The van der Waals surface area contributed by atoms with Gasteiger partial charge in [0.2, 0.25) is 0 Å². The van der Waals surface area contributed by atoms with Gasteiger partial charge in [0.25, 0.3) is 6.47 Å². The monoisotopic (exact) mass is 222 g/mol. The summed E-state index contributed by atoms with van der Waals surface area (Å²) in [5, 5.41) is 0. The van der Waals surface area contributed by atoms with E-state index in [1.165, 1.54) is 0 Å². The van der Waals surface area contributed by atoms with Crippen molar-refractivity contribution in [3.05, 3.63) is 29.3 Å². The first kappa shape index (κ1) is 12.2. The lowest BCUT2D eigenvalue weighted by atomic mass is 10.1. The van der Waals surface area contributed by atoms with Crippen molar-refractivity contribution in [1.82, 2.24) is 0 Å². The molecule has 1 aromatic carbocycles. The van der Waals surface area contributed by atoms with E-state index >= 15 is 0 Å². The molecule has 0 unspecified atom stereocenters. The number of carbonyl (C=O) groups is 2. The third-order valence-electron chi connectivity index (χ3n) is 2.23. The first-order chi connectivity index (χ1) is 7.69. The van der Waals surface area contributed by atoms with Gasteiger partial charge in [-0.3, -0.25) is 9.59 Å². The maximum absolute atomic E-state index is 11.6. The Hall–Kier alpha value is -1.84. The average molecular weight is 222 g/mol. The number of hydrogen-bond acceptors (Lipinski definition) is 4. The topological polar surface area (TPSA) is 52.6 Å². The van der Waals surface area contributed by atoms with Gasteiger partial charge in [0.1, 0.15) is 5.75 Å². The first-order valence-corrected chi connectivity index (χ1v) is 4.92. The standard InChI is InChI=1S/C12H14O4/c1-9-7-10(3-4-12(9)15-2)11(14)5-6-16-8-13/h3-4,7-8H,5-6H2,1-2H3. The molecule has 4 heteroatoms. The van der Waals surface area contributed by atoms with Crippen molar-refractivity contribution in [2.24, 2.45) is 0 Å². The Kier molecular flexibility index (Phi) is 4.51. The molecule has 0 saturated heterocycles. The summed E-state index contributed by atoms with van der Waals surface area (Å²) in [5.41, 5.74) is 1.51. The lowest BCUT2D eigenvalue weighted by molar-refractivity contribution is -0.128. The Morgan fingerprint density at radius 3 is 2.75 bits per heavy atom. The van der Waals surface area contributed by atoms with Gasteiger partial charge < -0.3 is 9.47 Å². The molecule has 0 aromatic heterocycles. The summed E-state index contributed by atoms with van der Waals surface area (Å²) >= 11 is 0. The fourth-order valence-electron chi connectivity index (χ4n) is 1.40. The van der Waals surface area contributed by atoms with Gasteiger partial charge >= 0.3 is 0 Å². The maximum Gasteiger partial charge on any atom is 0.293 e. The zero-order valence-electron chi connectivity index (χ0n) is 9.36. The number of rotatable bonds is 6. The van der Waals surface area contributed by atoms with Gasteiger partial charge in [-0.2, -0.15) is 0 Å². The van der Waals surface area contributed by atoms with Crippen LogP contribution in [0, 0.1) is 6.92 Å². The molecule has 0 N–H and O–H groups in total. The molecule has 0 heterocycles. The Labute approximate surface area is 94.2 Å². The predicted molar refractivity (Wildman–Crippen MR) is 58.7 cm³/mol. The molecule has 0 aliphatic rings. The van der Waals surface area contributed by atoms with Crippen molar-refractivity contribution in [3.63, 3.8) is 0 Å². The third kappa shape index (κ3) is 3.08. The fraction of sp³-hybridized carbons (Fsp3) is 0.333. The van der Waals surface area contributed by atoms with Crippen LogP contribution in [0.5, 0.6) is 5.75 Å². The molecule has 0 aliphatic heterocycles. The maximum atomic E-state index is 11.6. The summed E-state index contributed by atoms with van der Waals surface area (Å²) in [7, 11) is 1.59. The number of methoxy groups -OCH3 is 1. The van der Waals surface area contributed by atoms with Gasteiger partial charge in [0.05, 0.1) is 13.7 Å². The highest BCUT2D eigenvalue weighted by atomic mass is 16.5. The molecule has 0 spiro atoms. The Morgan fingerprint density at radius 2 is 2.19 bits per heavy atom. The number of carbonyl (C=O) groups excluding carboxylic acids is 2. The van der Waals surface area contributed by atoms with Crippen molar-refractivity contribution >= 4 is 12.3 Å². The number of benzene rings is 1. The Balaban J connectivity index is 2.69. The van der Waals surface area contributed by atoms with Crippen LogP contribution in [0.4, 0.5) is 0 Å². The predicted octanol–water partition coefficient (Wildman–Crippen LogP) is 1.75. The average Bonchev–Trinajstić information content (AvgIpc) is 2.29. The molecular weight excluding hydrogens is 208 g/mol. The van der Waals surface area contributed by atoms with E-state index in [1.807, 2.05) is 6.92 Å². The van der Waals surface area contributed by atoms with Crippen LogP contribution in [0.1, 0.15) is 22.3 Å². The van der Waals surface area contributed by atoms with Gasteiger partial charge in [0.15, 0.2) is 5.78 Å². The molecule has 0 atom stereocenters. The van der Waals surface area contributed by atoms with Crippen LogP contribution in [0.2, 0.25) is 0 Å². The molecule has 0 amide bonds. The second-order valence-corrected chi connectivity index (χ2v) is 3.32. The molecule has 4 nitrogen and oxygen atoms in total. The van der Waals surface area contributed by atoms with Crippen molar-refractivity contribution < 1.29 is 19.1 Å². The smallest absolute Gasteiger partial charge is 0.293 e. The van der Waals surface area contributed by atoms with Crippen molar-refractivity contribution in [1.29, 1.82) is 0 Å². The zero-order valence-corrected chi connectivity index (χ0v) is 9.36. The van der Waals surface area contributed by atoms with Crippen molar-refractivity contribution in [2.75, 3.05) is 13.7 Å². The number of ether oxygens (including phenoxy) is 2. The van der Waals surface area contributed by atoms with Crippen LogP contribution in [0.25, 0.3) is 0 Å². The number of ketones is 1. The lowest BCUT2D eigenvalue weighted by Gasteiger charge is -2.06. The Morgan fingerprint density at radius 1 is 1.44 bits per heavy atom. The van der Waals surface area contributed by atoms with E-state index < -0.39 is 0 Å². The van der Waals surface area contributed by atoms with Gasteiger partial charge in [-0.25, -0.2) is 0 Å². The molecule has 0 aliphatic carbocycles. The molecule has 0 bridgehead atoms. The van der Waals surface area contributed by atoms with E-state index in [1.54, 1.807) is 25.3 Å². The van der Waals surface area contributed by atoms with Gasteiger partial charge in [-0.05, 0) is 30.7 Å². The summed E-state index contributed by atoms with van der Waals surface area (Å²) in [5.74, 6) is 0.702. The molecule has 1 rings (SSSR count). The highest BCUT2D eigenvalue weighted by Gasteiger charge is 2.08. The molecule has 0 saturated carbocycles. The lowest BCUT2D eigenvalue weighted by Crippen LogP contribution is -2.04. The quantitative estimate of drug-likeness (QED) is 0.418. The summed E-state index contributed by atoms with van der Waals surface area (Å²) < 4.78 is 9.57. The van der Waals surface area contributed by atoms with E-state index in [4.69, 9.17) is 4.74 Å². The van der Waals surface area contributed by atoms with Gasteiger partial charge in [-0.1, -0.05) is 0 Å². The van der Waals surface area contributed by atoms with E-state index in [0.29, 0.717) is 12.0 Å². The minimum absolute atomic E-state index is 0.0485. The minimum atomic E-state index is -0.0485. The number of Topliss-reactive ketones (excluding diaryl/α,β-unsaturated/α-hetero) is 1. The summed E-state index contributed by atoms with van der Waals surface area (Å²) in [4.78, 5) is 21.5. The van der Waals surface area contributed by atoms with E-state index in [0.717, 1.165) is 11.3 Å². The minimum Gasteiger partial charge on any atom is -0.496 e. The third-order valence-corrected chi connectivity index (χ3v) is 2.23. The summed E-state index contributed by atoms with van der Waals surface area (Å²) in [6.07, 6.45) is 0.199. The first-order valence-electron chi connectivity index (χ1n) is 4.92. The van der Waals surface area contributed by atoms with Crippen molar-refractivity contribution in [2.45, 2.75) is 13.3 Å². The summed E-state index contributed by atoms with van der Waals surface area (Å²) in [6, 6.07) is 5.22. The van der Waals surface area contributed by atoms with E-state index in [2.05, 4.69) is 4.74 Å². The van der Waals surface area contributed by atoms with E-state index in [9.17, 15) is 9.59 Å². The van der Waals surface area contributed by atoms with Crippen LogP contribution in [0.3, 0.4) is 0 Å². The molecule has 86 valence electrons. The second-order valence-electron chi connectivity index (χ2n) is 3.32. The highest BCUT2D eigenvalue weighted by Crippen LogP contribution is 2.19. The Bertz CT molecular complexity index is 385. The SMILES string of the molecule is COc1ccc(C(=O)CCOC=O)cc1C. The fourth-order valence-corrected chi connectivity index (χ4v) is 1.40. The second kappa shape index (κ2) is 5.90. The van der Waals surface area contributed by atoms with Crippen LogP contribution in [-0.4, -0.2) is 26.0 Å². The van der Waals surface area contributed by atoms with Crippen LogP contribution in [0.15, 0.2) is 18.2 Å². The zero-order chi connectivity index (χ0) is 12.0. The highest BCUT2D eigenvalue weighted by molar-refractivity contribution is 5.96. The van der Waals surface area contributed by atoms with Crippen molar-refractivity contribution in [3.8, 4) is 5.75 Å². The largest absolute Gasteiger partial charge is 0.496 e. The number of hydrogen-bond donors (Lipinski definition) is 0. The molecule has 0 fully saturated rings. The van der Waals surface area contributed by atoms with Gasteiger partial charge in [0, 0.05) is 12.0 Å². The molecule has 0 radical (unpaired) electrons. The molecular formula is C12H14O4. The van der Waals surface area contributed by atoms with Crippen LogP contribution in [-0.2, 0) is 9.53 Å². The normalized spacial score (nSPS) is 9.62. The van der Waals surface area contributed by atoms with E-state index in [-0.39, 0.29) is 18.8 Å².